The molecule has 1 atom stereocenters. The minimum Gasteiger partial charge on any atom is -0.382 e. The number of nitrogen functional groups attached to an aromatic ring is 1. The molecule has 7 heteroatoms. The van der Waals surface area contributed by atoms with Crippen molar-refractivity contribution >= 4 is 11.8 Å². The van der Waals surface area contributed by atoms with E-state index in [9.17, 15) is 0 Å². The number of nitrogens with two attached hydrogens (primary N) is 3. The number of guanidine groups is 1. The fraction of sp³-hybridized carbons (Fsp3) is 0.222. The summed E-state index contributed by atoms with van der Waals surface area (Å²) in [5.74, 6) is -0.120. The zero-order valence-electron chi connectivity index (χ0n) is 8.94. The van der Waals surface area contributed by atoms with Crippen LogP contribution in [0.15, 0.2) is 23.3 Å². The third-order valence-corrected chi connectivity index (χ3v) is 1.88. The first-order valence-electron chi connectivity index (χ1n) is 4.66. The minimum atomic E-state index is -0.165. The molecule has 0 aliphatic carbocycles. The van der Waals surface area contributed by atoms with Gasteiger partial charge in [0.2, 0.25) is 5.96 Å². The maximum atomic E-state index is 7.27. The van der Waals surface area contributed by atoms with Crippen LogP contribution in [0.1, 0.15) is 24.4 Å². The Morgan fingerprint density at radius 2 is 2.12 bits per heavy atom. The van der Waals surface area contributed by atoms with E-state index in [1.807, 2.05) is 6.92 Å². The highest BCUT2D eigenvalue weighted by Crippen LogP contribution is 2.09. The lowest BCUT2D eigenvalue weighted by Crippen LogP contribution is -2.27. The third kappa shape index (κ3) is 3.12. The van der Waals surface area contributed by atoms with Gasteiger partial charge in [-0.3, -0.25) is 10.8 Å². The average molecular weight is 221 g/mol. The van der Waals surface area contributed by atoms with E-state index in [-0.39, 0.29) is 17.8 Å². The van der Waals surface area contributed by atoms with Crippen LogP contribution in [0, 0.1) is 5.41 Å². The molecule has 0 spiro atoms. The molecule has 0 amide bonds. The van der Waals surface area contributed by atoms with Gasteiger partial charge in [-0.2, -0.15) is 0 Å². The van der Waals surface area contributed by atoms with Crippen molar-refractivity contribution in [3.8, 4) is 0 Å². The molecular weight excluding hydrogens is 206 g/mol. The number of hydrogen-bond donors (Lipinski definition) is 5. The van der Waals surface area contributed by atoms with Crippen molar-refractivity contribution in [3.05, 3.63) is 29.6 Å². The monoisotopic (exact) mass is 221 g/mol. The van der Waals surface area contributed by atoms with E-state index in [1.165, 1.54) is 0 Å². The molecule has 0 aromatic carbocycles. The van der Waals surface area contributed by atoms with Gasteiger partial charge in [0.1, 0.15) is 11.5 Å². The lowest BCUT2D eigenvalue weighted by Gasteiger charge is -2.11. The van der Waals surface area contributed by atoms with Gasteiger partial charge in [0.25, 0.3) is 0 Å². The van der Waals surface area contributed by atoms with Crippen molar-refractivity contribution in [1.82, 2.24) is 10.4 Å². The quantitative estimate of drug-likeness (QED) is 0.257. The molecule has 0 saturated heterocycles. The smallest absolute Gasteiger partial charge is 0.208 e. The fourth-order valence-electron chi connectivity index (χ4n) is 1.08. The molecule has 1 aromatic rings. The summed E-state index contributed by atoms with van der Waals surface area (Å²) in [7, 11) is 0. The molecule has 1 aromatic heterocycles. The summed E-state index contributed by atoms with van der Waals surface area (Å²) in [6.07, 6.45) is 0. The molecule has 86 valence electrons. The van der Waals surface area contributed by atoms with Crippen LogP contribution < -0.4 is 22.6 Å². The summed E-state index contributed by atoms with van der Waals surface area (Å²) >= 11 is 0. The summed E-state index contributed by atoms with van der Waals surface area (Å²) < 4.78 is 0. The van der Waals surface area contributed by atoms with E-state index < -0.39 is 0 Å². The predicted octanol–water partition coefficient (Wildman–Crippen LogP) is -0.795. The van der Waals surface area contributed by atoms with Crippen molar-refractivity contribution in [3.63, 3.8) is 0 Å². The van der Waals surface area contributed by atoms with Crippen molar-refractivity contribution in [2.45, 2.75) is 13.0 Å². The molecule has 16 heavy (non-hydrogen) atoms. The molecule has 8 N–H and O–H groups in total. The summed E-state index contributed by atoms with van der Waals surface area (Å²) in [4.78, 5) is 4.19. The van der Waals surface area contributed by atoms with Crippen molar-refractivity contribution < 1.29 is 0 Å². The van der Waals surface area contributed by atoms with E-state index in [0.717, 1.165) is 0 Å². The Morgan fingerprint density at radius 3 is 2.69 bits per heavy atom. The Balaban J connectivity index is 2.83. The minimum absolute atomic E-state index is 0.0467. The number of nitrogens with zero attached hydrogens (tertiary/aromatic N) is 2. The van der Waals surface area contributed by atoms with Crippen LogP contribution in [0.5, 0.6) is 0 Å². The number of rotatable bonds is 4. The summed E-state index contributed by atoms with van der Waals surface area (Å²) in [6, 6.07) is 5.07. The highest BCUT2D eigenvalue weighted by molar-refractivity contribution is 5.92. The number of nitrogens with one attached hydrogen (secondary N) is 2. The molecule has 0 aliphatic heterocycles. The second kappa shape index (κ2) is 4.96. The number of pyridine rings is 1. The van der Waals surface area contributed by atoms with Crippen LogP contribution in [-0.4, -0.2) is 16.8 Å². The Kier molecular flexibility index (Phi) is 3.65. The maximum absolute atomic E-state index is 7.27. The molecular formula is C9H15N7. The van der Waals surface area contributed by atoms with Gasteiger partial charge in [-0.15, -0.1) is 5.10 Å². The molecule has 1 rings (SSSR count). The SMILES string of the molecule is CC(NN=C(N)N)c1cccc(C(=N)N)n1. The highest BCUT2D eigenvalue weighted by Gasteiger charge is 2.07. The third-order valence-electron chi connectivity index (χ3n) is 1.88. The average Bonchev–Trinajstić information content (AvgIpc) is 2.26. The van der Waals surface area contributed by atoms with Crippen LogP contribution in [0.25, 0.3) is 0 Å². The Bertz CT molecular complexity index is 408. The lowest BCUT2D eigenvalue weighted by atomic mass is 10.2. The van der Waals surface area contributed by atoms with E-state index in [2.05, 4.69) is 15.5 Å². The molecule has 0 radical (unpaired) electrons. The van der Waals surface area contributed by atoms with E-state index >= 15 is 0 Å². The highest BCUT2D eigenvalue weighted by atomic mass is 15.3. The van der Waals surface area contributed by atoms with Gasteiger partial charge >= 0.3 is 0 Å². The van der Waals surface area contributed by atoms with Gasteiger partial charge in [-0.05, 0) is 19.1 Å². The van der Waals surface area contributed by atoms with Gasteiger partial charge in [-0.1, -0.05) is 6.07 Å². The zero-order chi connectivity index (χ0) is 12.1. The first kappa shape index (κ1) is 11.8. The maximum Gasteiger partial charge on any atom is 0.208 e. The van der Waals surface area contributed by atoms with Gasteiger partial charge in [-0.25, -0.2) is 4.98 Å². The van der Waals surface area contributed by atoms with Crippen LogP contribution in [0.2, 0.25) is 0 Å². The first-order valence-corrected chi connectivity index (χ1v) is 4.66. The first-order chi connectivity index (χ1) is 7.50. The van der Waals surface area contributed by atoms with Gasteiger partial charge in [0, 0.05) is 0 Å². The standard InChI is InChI=1S/C9H15N7/c1-5(15-16-9(12)13)6-3-2-4-7(14-6)8(10)11/h2-5,15H,1H3,(H3,10,11)(H4,12,13,16). The molecule has 7 nitrogen and oxygen atoms in total. The van der Waals surface area contributed by atoms with Crippen LogP contribution in [0.4, 0.5) is 0 Å². The number of hydrogen-bond acceptors (Lipinski definition) is 4. The normalized spacial score (nSPS) is 11.6. The molecule has 0 fully saturated rings. The van der Waals surface area contributed by atoms with E-state index in [1.54, 1.807) is 18.2 Å². The Morgan fingerprint density at radius 1 is 1.44 bits per heavy atom. The summed E-state index contributed by atoms with van der Waals surface area (Å²) in [5, 5.41) is 10.9. The zero-order valence-corrected chi connectivity index (χ0v) is 8.94. The molecule has 0 bridgehead atoms. The Hall–Kier alpha value is -2.31. The van der Waals surface area contributed by atoms with Gasteiger partial charge in [0.05, 0.1) is 11.7 Å². The molecule has 0 saturated carbocycles. The second-order valence-corrected chi connectivity index (χ2v) is 3.25. The Labute approximate surface area is 93.2 Å². The summed E-state index contributed by atoms with van der Waals surface area (Å²) in [5.41, 5.74) is 19.6. The topological polar surface area (TPSA) is 139 Å². The van der Waals surface area contributed by atoms with Gasteiger partial charge < -0.3 is 17.2 Å². The number of hydrazone groups is 1. The molecule has 1 heterocycles. The van der Waals surface area contributed by atoms with Crippen molar-refractivity contribution in [2.75, 3.05) is 0 Å². The van der Waals surface area contributed by atoms with Crippen molar-refractivity contribution in [1.29, 1.82) is 5.41 Å². The van der Waals surface area contributed by atoms with Gasteiger partial charge in [0.15, 0.2) is 0 Å². The lowest BCUT2D eigenvalue weighted by molar-refractivity contribution is 0.588. The second-order valence-electron chi connectivity index (χ2n) is 3.25. The molecule has 1 unspecified atom stereocenters. The number of aromatic nitrogens is 1. The van der Waals surface area contributed by atoms with Crippen LogP contribution in [0.3, 0.4) is 0 Å². The van der Waals surface area contributed by atoms with E-state index in [0.29, 0.717) is 11.4 Å². The fourth-order valence-corrected chi connectivity index (χ4v) is 1.08. The van der Waals surface area contributed by atoms with Crippen LogP contribution in [-0.2, 0) is 0 Å². The van der Waals surface area contributed by atoms with Crippen molar-refractivity contribution in [2.24, 2.45) is 22.3 Å². The largest absolute Gasteiger partial charge is 0.382 e. The summed E-state index contributed by atoms with van der Waals surface area (Å²) in [6.45, 7) is 1.85. The van der Waals surface area contributed by atoms with Crippen LogP contribution >= 0.6 is 0 Å². The molecule has 0 aliphatic rings. The number of amidine groups is 1. The van der Waals surface area contributed by atoms with E-state index in [4.69, 9.17) is 22.6 Å². The predicted molar refractivity (Wildman–Crippen MR) is 62.6 cm³/mol.